The molecular weight excluding hydrogens is 457 g/mol. The van der Waals surface area contributed by atoms with Gasteiger partial charge in [-0.25, -0.2) is 9.38 Å². The lowest BCUT2D eigenvalue weighted by atomic mass is 10.0. The van der Waals surface area contributed by atoms with Crippen LogP contribution in [-0.2, 0) is 36.9 Å². The minimum absolute atomic E-state index is 0.0254. The summed E-state index contributed by atoms with van der Waals surface area (Å²) in [6.45, 7) is 0.536. The number of nitrogens with one attached hydrogen (secondary N) is 1. The van der Waals surface area contributed by atoms with E-state index >= 15 is 0 Å². The van der Waals surface area contributed by atoms with Crippen LogP contribution in [0.1, 0.15) is 36.8 Å². The first-order valence-electron chi connectivity index (χ1n) is 11.7. The van der Waals surface area contributed by atoms with E-state index in [1.807, 2.05) is 0 Å². The maximum atomic E-state index is 13.9. The molecule has 1 aromatic carbocycles. The molecule has 0 saturated carbocycles. The molecule has 10 nitrogen and oxygen atoms in total. The molecule has 4 amide bonds. The van der Waals surface area contributed by atoms with E-state index in [1.165, 1.54) is 40.9 Å². The van der Waals surface area contributed by atoms with Crippen molar-refractivity contribution in [3.05, 3.63) is 35.1 Å². The molecule has 2 unspecified atom stereocenters. The fourth-order valence-electron chi connectivity index (χ4n) is 4.72. The van der Waals surface area contributed by atoms with E-state index in [4.69, 9.17) is 0 Å². The number of amides is 4. The molecule has 11 heteroatoms. The minimum atomic E-state index is -1.59. The molecule has 4 rings (SSSR count). The van der Waals surface area contributed by atoms with Gasteiger partial charge >= 0.3 is 11.8 Å². The molecule has 2 atom stereocenters. The monoisotopic (exact) mass is 485 g/mol. The average molecular weight is 486 g/mol. The van der Waals surface area contributed by atoms with Gasteiger partial charge in [0, 0.05) is 33.7 Å². The van der Waals surface area contributed by atoms with Crippen LogP contribution in [0.2, 0.25) is 0 Å². The number of carbonyl (C=O) groups excluding carboxylic acids is 5. The number of aliphatic imine (C=N–C) groups is 1. The molecule has 3 heterocycles. The standard InChI is InChI=1S/C24H28FN5O5/c1-28-10-5-6-14-12-16(25)9-8-15(14)13-26-21(32)18-19(31)22(33)30-11-4-3-7-17(20(30)27-18)29(2)24(35)23(28)34/h8-9,12,17-18H,3-7,10-11,13H2,1-2H3,(H,26,32). The predicted molar refractivity (Wildman–Crippen MR) is 123 cm³/mol. The highest BCUT2D eigenvalue weighted by Gasteiger charge is 2.45. The topological polar surface area (TPSA) is 119 Å². The van der Waals surface area contributed by atoms with Crippen LogP contribution < -0.4 is 5.32 Å². The number of fused-ring (bicyclic) bond motifs is 2. The Morgan fingerprint density at radius 2 is 1.71 bits per heavy atom. The van der Waals surface area contributed by atoms with Crippen LogP contribution >= 0.6 is 0 Å². The van der Waals surface area contributed by atoms with Gasteiger partial charge in [-0.3, -0.25) is 28.9 Å². The Kier molecular flexibility index (Phi) is 6.95. The highest BCUT2D eigenvalue weighted by atomic mass is 19.1. The normalized spacial score (nSPS) is 24.6. The van der Waals surface area contributed by atoms with Crippen LogP contribution in [0.25, 0.3) is 0 Å². The number of amidine groups is 1. The number of nitrogens with zero attached hydrogens (tertiary/aromatic N) is 4. The summed E-state index contributed by atoms with van der Waals surface area (Å²) in [6.07, 6.45) is 2.56. The van der Waals surface area contributed by atoms with Crippen molar-refractivity contribution >= 4 is 35.2 Å². The van der Waals surface area contributed by atoms with Crippen LogP contribution in [0.4, 0.5) is 4.39 Å². The van der Waals surface area contributed by atoms with Crippen LogP contribution in [0.3, 0.4) is 0 Å². The Bertz CT molecular complexity index is 1120. The van der Waals surface area contributed by atoms with Crippen molar-refractivity contribution < 1.29 is 28.4 Å². The van der Waals surface area contributed by atoms with Gasteiger partial charge in [0.2, 0.25) is 0 Å². The Balaban J connectivity index is 1.75. The summed E-state index contributed by atoms with van der Waals surface area (Å²) >= 11 is 0. The van der Waals surface area contributed by atoms with Gasteiger partial charge in [-0.2, -0.15) is 0 Å². The van der Waals surface area contributed by atoms with Gasteiger partial charge in [0.05, 0.1) is 6.04 Å². The third kappa shape index (κ3) is 4.80. The smallest absolute Gasteiger partial charge is 0.312 e. The number of rotatable bonds is 0. The number of hydrogen-bond acceptors (Lipinski definition) is 6. The molecule has 1 fully saturated rings. The summed E-state index contributed by atoms with van der Waals surface area (Å²) in [5.41, 5.74) is 1.28. The lowest BCUT2D eigenvalue weighted by Gasteiger charge is -2.35. The SMILES string of the molecule is CN1CCCc2cc(F)ccc2CNC(=O)C2N=C3C(CCCCN3C(=O)C2=O)N(C)C(=O)C1=O. The van der Waals surface area contributed by atoms with Crippen LogP contribution in [0.15, 0.2) is 23.2 Å². The second-order valence-electron chi connectivity index (χ2n) is 9.10. The highest BCUT2D eigenvalue weighted by Crippen LogP contribution is 2.23. The van der Waals surface area contributed by atoms with E-state index in [9.17, 15) is 28.4 Å². The number of Topliss-reactive ketones (excluding diaryl/α,β-unsaturated/α-hetero) is 1. The number of halogens is 1. The van der Waals surface area contributed by atoms with E-state index in [0.29, 0.717) is 43.2 Å². The average Bonchev–Trinajstić information content (AvgIpc) is 3.06. The number of benzene rings is 1. The Labute approximate surface area is 202 Å². The molecule has 186 valence electrons. The largest absolute Gasteiger partial charge is 0.350 e. The Morgan fingerprint density at radius 3 is 2.49 bits per heavy atom. The third-order valence-electron chi connectivity index (χ3n) is 6.78. The minimum Gasteiger partial charge on any atom is -0.350 e. The first kappa shape index (κ1) is 24.5. The molecule has 3 aliphatic heterocycles. The number of aryl methyl sites for hydroxylation is 1. The van der Waals surface area contributed by atoms with Crippen LogP contribution in [0.5, 0.6) is 0 Å². The van der Waals surface area contributed by atoms with Crippen molar-refractivity contribution in [2.75, 3.05) is 27.2 Å². The second kappa shape index (κ2) is 9.93. The quantitative estimate of drug-likeness (QED) is 0.411. The zero-order chi connectivity index (χ0) is 25.3. The maximum Gasteiger partial charge on any atom is 0.312 e. The van der Waals surface area contributed by atoms with E-state index < -0.39 is 47.3 Å². The van der Waals surface area contributed by atoms with E-state index in [1.54, 1.807) is 6.07 Å². The summed E-state index contributed by atoms with van der Waals surface area (Å²) in [5, 5.41) is 2.66. The molecule has 0 aliphatic carbocycles. The highest BCUT2D eigenvalue weighted by molar-refractivity contribution is 6.46. The number of carbonyl (C=O) groups is 5. The summed E-state index contributed by atoms with van der Waals surface area (Å²) in [4.78, 5) is 72.7. The summed E-state index contributed by atoms with van der Waals surface area (Å²) in [7, 11) is 2.99. The molecule has 2 bridgehead atoms. The van der Waals surface area contributed by atoms with Gasteiger partial charge in [0.1, 0.15) is 11.7 Å². The molecule has 0 aromatic heterocycles. The van der Waals surface area contributed by atoms with E-state index in [0.717, 1.165) is 0 Å². The van der Waals surface area contributed by atoms with Crippen molar-refractivity contribution in [2.24, 2.45) is 4.99 Å². The van der Waals surface area contributed by atoms with Gasteiger partial charge in [-0.05, 0) is 55.4 Å². The van der Waals surface area contributed by atoms with Gasteiger partial charge in [-0.1, -0.05) is 6.07 Å². The first-order chi connectivity index (χ1) is 16.7. The molecule has 0 spiro atoms. The Morgan fingerprint density at radius 1 is 0.943 bits per heavy atom. The second-order valence-corrected chi connectivity index (χ2v) is 9.10. The fraction of sp³-hybridized carbons (Fsp3) is 0.500. The molecule has 3 aliphatic rings. The van der Waals surface area contributed by atoms with Gasteiger partial charge in [0.25, 0.3) is 17.6 Å². The summed E-state index contributed by atoms with van der Waals surface area (Å²) in [6, 6.07) is 1.86. The number of likely N-dealkylation sites (N-methyl/N-ethyl adjacent to an activating group) is 2. The molecule has 35 heavy (non-hydrogen) atoms. The first-order valence-corrected chi connectivity index (χ1v) is 11.7. The van der Waals surface area contributed by atoms with Gasteiger partial charge in [-0.15, -0.1) is 0 Å². The van der Waals surface area contributed by atoms with Crippen molar-refractivity contribution in [3.63, 3.8) is 0 Å². The zero-order valence-electron chi connectivity index (χ0n) is 19.8. The zero-order valence-corrected chi connectivity index (χ0v) is 19.8. The van der Waals surface area contributed by atoms with Crippen LogP contribution in [-0.4, -0.2) is 89.2 Å². The number of ketones is 1. The number of hydrogen-bond donors (Lipinski definition) is 1. The maximum absolute atomic E-state index is 13.9. The third-order valence-corrected chi connectivity index (χ3v) is 6.78. The summed E-state index contributed by atoms with van der Waals surface area (Å²) < 4.78 is 13.9. The van der Waals surface area contributed by atoms with Gasteiger partial charge in [0.15, 0.2) is 6.04 Å². The van der Waals surface area contributed by atoms with E-state index in [-0.39, 0.29) is 25.5 Å². The summed E-state index contributed by atoms with van der Waals surface area (Å²) in [5.74, 6) is -4.33. The molecule has 0 radical (unpaired) electrons. The van der Waals surface area contributed by atoms with Gasteiger partial charge < -0.3 is 15.1 Å². The fourth-order valence-corrected chi connectivity index (χ4v) is 4.72. The van der Waals surface area contributed by atoms with Crippen LogP contribution in [0, 0.1) is 5.82 Å². The lowest BCUT2D eigenvalue weighted by Crippen LogP contribution is -2.59. The molecule has 1 aromatic rings. The van der Waals surface area contributed by atoms with Crippen molar-refractivity contribution in [3.8, 4) is 0 Å². The Hall–Kier alpha value is -3.63. The lowest BCUT2D eigenvalue weighted by molar-refractivity contribution is -0.151. The van der Waals surface area contributed by atoms with Crippen molar-refractivity contribution in [2.45, 2.75) is 50.7 Å². The molecule has 1 N–H and O–H groups in total. The predicted octanol–water partition coefficient (Wildman–Crippen LogP) is 0.0358. The van der Waals surface area contributed by atoms with Crippen molar-refractivity contribution in [1.29, 1.82) is 0 Å². The molecule has 1 saturated heterocycles. The van der Waals surface area contributed by atoms with Crippen molar-refractivity contribution in [1.82, 2.24) is 20.0 Å². The molecular formula is C24H28FN5O5. The van der Waals surface area contributed by atoms with E-state index in [2.05, 4.69) is 10.3 Å².